The molecule has 0 bridgehead atoms. The van der Waals surface area contributed by atoms with Crippen LogP contribution in [0.25, 0.3) is 11.1 Å². The number of hydrogen-bond acceptors (Lipinski definition) is 2. The van der Waals surface area contributed by atoms with Gasteiger partial charge < -0.3 is 4.90 Å². The Balaban J connectivity index is 1.73. The Labute approximate surface area is 135 Å². The van der Waals surface area contributed by atoms with Gasteiger partial charge in [0.2, 0.25) is 0 Å². The maximum atomic E-state index is 12.4. The second kappa shape index (κ2) is 5.36. The van der Waals surface area contributed by atoms with Gasteiger partial charge in [0, 0.05) is 25.0 Å². The molecule has 1 aliphatic rings. The van der Waals surface area contributed by atoms with Gasteiger partial charge in [0.25, 0.3) is 5.91 Å². The molecule has 2 heterocycles. The van der Waals surface area contributed by atoms with E-state index in [9.17, 15) is 4.79 Å². The van der Waals surface area contributed by atoms with Crippen molar-refractivity contribution in [3.05, 3.63) is 89.7 Å². The van der Waals surface area contributed by atoms with Gasteiger partial charge >= 0.3 is 0 Å². The van der Waals surface area contributed by atoms with Crippen LogP contribution >= 0.6 is 0 Å². The number of carbonyl (C=O) groups excluding carboxylic acids is 1. The molecule has 0 radical (unpaired) electrons. The summed E-state index contributed by atoms with van der Waals surface area (Å²) in [5, 5.41) is 0. The zero-order valence-electron chi connectivity index (χ0n) is 12.8. The molecule has 3 aromatic rings. The van der Waals surface area contributed by atoms with Crippen LogP contribution in [0, 0.1) is 0 Å². The first-order chi connectivity index (χ1) is 11.3. The minimum atomic E-state index is -0.00908. The molecule has 0 saturated carbocycles. The third-order valence-corrected chi connectivity index (χ3v) is 4.43. The summed E-state index contributed by atoms with van der Waals surface area (Å²) in [7, 11) is 1.86. The largest absolute Gasteiger partial charge is 0.331 e. The molecule has 0 saturated heterocycles. The van der Waals surface area contributed by atoms with Crippen molar-refractivity contribution in [3.8, 4) is 11.1 Å². The summed E-state index contributed by atoms with van der Waals surface area (Å²) >= 11 is 0. The fraction of sp³-hybridized carbons (Fsp3) is 0.100. The molecule has 3 nitrogen and oxygen atoms in total. The Bertz CT molecular complexity index is 856. The van der Waals surface area contributed by atoms with Gasteiger partial charge in [-0.15, -0.1) is 0 Å². The van der Waals surface area contributed by atoms with E-state index in [2.05, 4.69) is 29.2 Å². The standard InChI is InChI=1S/C20H16N2O/c1-22-19(17-4-2-3-5-18(17)20(22)23)16-8-6-14(7-9-16)15-10-12-21-13-11-15/h2-13,19H,1H3. The number of pyridine rings is 1. The Morgan fingerprint density at radius 3 is 2.26 bits per heavy atom. The van der Waals surface area contributed by atoms with Gasteiger partial charge in [0.15, 0.2) is 0 Å². The molecule has 0 spiro atoms. The van der Waals surface area contributed by atoms with Crippen LogP contribution in [0.4, 0.5) is 0 Å². The topological polar surface area (TPSA) is 33.2 Å². The van der Waals surface area contributed by atoms with E-state index in [1.807, 2.05) is 48.3 Å². The maximum Gasteiger partial charge on any atom is 0.254 e. The minimum Gasteiger partial charge on any atom is -0.331 e. The third-order valence-electron chi connectivity index (χ3n) is 4.43. The molecule has 3 heteroatoms. The lowest BCUT2D eigenvalue weighted by molar-refractivity contribution is 0.0793. The van der Waals surface area contributed by atoms with Crippen molar-refractivity contribution in [3.63, 3.8) is 0 Å². The van der Waals surface area contributed by atoms with Crippen LogP contribution < -0.4 is 0 Å². The lowest BCUT2D eigenvalue weighted by Crippen LogP contribution is -2.23. The number of carbonyl (C=O) groups is 1. The molecule has 0 aliphatic carbocycles. The van der Waals surface area contributed by atoms with Crippen molar-refractivity contribution in [1.29, 1.82) is 0 Å². The van der Waals surface area contributed by atoms with Crippen LogP contribution in [-0.2, 0) is 0 Å². The zero-order valence-corrected chi connectivity index (χ0v) is 12.8. The highest BCUT2D eigenvalue weighted by atomic mass is 16.2. The Hall–Kier alpha value is -2.94. The van der Waals surface area contributed by atoms with Crippen molar-refractivity contribution in [2.75, 3.05) is 7.05 Å². The molecule has 0 N–H and O–H groups in total. The average Bonchev–Trinajstić information content (AvgIpc) is 2.87. The van der Waals surface area contributed by atoms with Gasteiger partial charge in [-0.05, 0) is 40.5 Å². The molecular formula is C20H16N2O. The lowest BCUT2D eigenvalue weighted by Gasteiger charge is -2.21. The first-order valence-electron chi connectivity index (χ1n) is 7.62. The fourth-order valence-electron chi connectivity index (χ4n) is 3.25. The normalized spacial score (nSPS) is 16.5. The summed E-state index contributed by atoms with van der Waals surface area (Å²) in [6.07, 6.45) is 3.59. The number of fused-ring (bicyclic) bond motifs is 1. The van der Waals surface area contributed by atoms with Crippen LogP contribution in [0.3, 0.4) is 0 Å². The van der Waals surface area contributed by atoms with E-state index >= 15 is 0 Å². The highest BCUT2D eigenvalue weighted by Crippen LogP contribution is 2.37. The van der Waals surface area contributed by atoms with Gasteiger partial charge in [-0.1, -0.05) is 42.5 Å². The molecule has 1 amide bonds. The maximum absolute atomic E-state index is 12.4. The third kappa shape index (κ3) is 2.21. The van der Waals surface area contributed by atoms with Gasteiger partial charge in [0.05, 0.1) is 6.04 Å². The van der Waals surface area contributed by atoms with Gasteiger partial charge in [-0.3, -0.25) is 9.78 Å². The predicted octanol–water partition coefficient (Wildman–Crippen LogP) is 3.92. The number of benzene rings is 2. The Morgan fingerprint density at radius 2 is 1.52 bits per heavy atom. The molecule has 1 atom stereocenters. The van der Waals surface area contributed by atoms with E-state index in [-0.39, 0.29) is 11.9 Å². The first-order valence-corrected chi connectivity index (χ1v) is 7.62. The van der Waals surface area contributed by atoms with E-state index < -0.39 is 0 Å². The minimum absolute atomic E-state index is 0.00908. The Kier molecular flexibility index (Phi) is 3.19. The van der Waals surface area contributed by atoms with E-state index in [1.54, 1.807) is 12.4 Å². The monoisotopic (exact) mass is 300 g/mol. The zero-order chi connectivity index (χ0) is 15.8. The summed E-state index contributed by atoms with van der Waals surface area (Å²) in [6, 6.07) is 20.2. The van der Waals surface area contributed by atoms with Gasteiger partial charge in [-0.25, -0.2) is 0 Å². The number of aromatic nitrogens is 1. The fourth-order valence-corrected chi connectivity index (χ4v) is 3.25. The molecular weight excluding hydrogens is 284 g/mol. The highest BCUT2D eigenvalue weighted by molar-refractivity contribution is 5.99. The average molecular weight is 300 g/mol. The lowest BCUT2D eigenvalue weighted by atomic mass is 9.96. The second-order valence-electron chi connectivity index (χ2n) is 5.76. The van der Waals surface area contributed by atoms with E-state index in [0.717, 1.165) is 27.8 Å². The van der Waals surface area contributed by atoms with Crippen molar-refractivity contribution < 1.29 is 4.79 Å². The Morgan fingerprint density at radius 1 is 0.870 bits per heavy atom. The first kappa shape index (κ1) is 13.7. The summed E-state index contributed by atoms with van der Waals surface area (Å²) in [5.41, 5.74) is 5.30. The molecule has 0 fully saturated rings. The van der Waals surface area contributed by atoms with Crippen molar-refractivity contribution >= 4 is 5.91 Å². The van der Waals surface area contributed by atoms with Crippen LogP contribution in [0.1, 0.15) is 27.5 Å². The molecule has 23 heavy (non-hydrogen) atoms. The molecule has 4 rings (SSSR count). The molecule has 112 valence electrons. The van der Waals surface area contributed by atoms with Gasteiger partial charge in [0.1, 0.15) is 0 Å². The summed E-state index contributed by atoms with van der Waals surface area (Å²) < 4.78 is 0. The summed E-state index contributed by atoms with van der Waals surface area (Å²) in [6.45, 7) is 0. The van der Waals surface area contributed by atoms with Crippen LogP contribution in [-0.4, -0.2) is 22.8 Å². The van der Waals surface area contributed by atoms with Crippen molar-refractivity contribution in [2.24, 2.45) is 0 Å². The number of amides is 1. The number of nitrogens with zero attached hydrogens (tertiary/aromatic N) is 2. The van der Waals surface area contributed by atoms with Crippen LogP contribution in [0.2, 0.25) is 0 Å². The van der Waals surface area contributed by atoms with Crippen LogP contribution in [0.15, 0.2) is 73.1 Å². The second-order valence-corrected chi connectivity index (χ2v) is 5.76. The quantitative estimate of drug-likeness (QED) is 0.718. The van der Waals surface area contributed by atoms with E-state index in [0.29, 0.717) is 0 Å². The summed E-state index contributed by atoms with van der Waals surface area (Å²) in [5.74, 6) is 0.0869. The van der Waals surface area contributed by atoms with Crippen LogP contribution in [0.5, 0.6) is 0 Å². The molecule has 1 aromatic heterocycles. The van der Waals surface area contributed by atoms with Crippen molar-refractivity contribution in [2.45, 2.75) is 6.04 Å². The summed E-state index contributed by atoms with van der Waals surface area (Å²) in [4.78, 5) is 18.2. The molecule has 1 unspecified atom stereocenters. The number of hydrogen-bond donors (Lipinski definition) is 0. The van der Waals surface area contributed by atoms with E-state index in [4.69, 9.17) is 0 Å². The van der Waals surface area contributed by atoms with Gasteiger partial charge in [-0.2, -0.15) is 0 Å². The predicted molar refractivity (Wildman–Crippen MR) is 90.1 cm³/mol. The molecule has 1 aliphatic heterocycles. The smallest absolute Gasteiger partial charge is 0.254 e. The van der Waals surface area contributed by atoms with Crippen molar-refractivity contribution in [1.82, 2.24) is 9.88 Å². The molecule has 2 aromatic carbocycles. The van der Waals surface area contributed by atoms with E-state index in [1.165, 1.54) is 0 Å². The highest BCUT2D eigenvalue weighted by Gasteiger charge is 2.34. The SMILES string of the molecule is CN1C(=O)c2ccccc2C1c1ccc(-c2ccncc2)cc1. The number of rotatable bonds is 2.